The molecule has 2 N–H and O–H groups in total. The Labute approximate surface area is 241 Å². The highest BCUT2D eigenvalue weighted by molar-refractivity contribution is 7.11. The number of ether oxygens (including phenoxy) is 1. The molecule has 214 valence electrons. The van der Waals surface area contributed by atoms with Gasteiger partial charge in [0.15, 0.2) is 34.1 Å². The maximum Gasteiger partial charge on any atom is 0.338 e. The lowest BCUT2D eigenvalue weighted by atomic mass is 9.85. The number of esters is 1. The fourth-order valence-electron chi connectivity index (χ4n) is 4.94. The number of aliphatic imine (C=N–C) groups is 1. The first-order valence-electron chi connectivity index (χ1n) is 12.6. The third kappa shape index (κ3) is 5.51. The van der Waals surface area contributed by atoms with Crippen molar-refractivity contribution in [2.75, 3.05) is 24.6 Å². The Morgan fingerprint density at radius 3 is 2.56 bits per heavy atom. The molecule has 2 aromatic heterocycles. The summed E-state index contributed by atoms with van der Waals surface area (Å²) in [6.45, 7) is 2.28. The fraction of sp³-hybridized carbons (Fsp3) is 0.296. The van der Waals surface area contributed by atoms with Crippen molar-refractivity contribution in [1.82, 2.24) is 15.3 Å². The number of amidine groups is 1. The number of piperidine rings is 1. The molecule has 1 fully saturated rings. The Morgan fingerprint density at radius 2 is 1.90 bits per heavy atom. The number of thiazole rings is 1. The third-order valence-corrected chi connectivity index (χ3v) is 8.03. The van der Waals surface area contributed by atoms with Gasteiger partial charge in [0.2, 0.25) is 0 Å². The molecule has 9 nitrogen and oxygen atoms in total. The summed E-state index contributed by atoms with van der Waals surface area (Å²) in [5, 5.41) is 14.3. The molecule has 0 bridgehead atoms. The number of pyridine rings is 1. The molecule has 0 radical (unpaired) electrons. The van der Waals surface area contributed by atoms with E-state index in [1.54, 1.807) is 23.4 Å². The molecule has 0 saturated carbocycles. The first-order chi connectivity index (χ1) is 19.7. The fourth-order valence-corrected chi connectivity index (χ4v) is 5.79. The summed E-state index contributed by atoms with van der Waals surface area (Å²) in [5.41, 5.74) is 0.155. The maximum absolute atomic E-state index is 14.9. The highest BCUT2D eigenvalue weighted by Gasteiger charge is 2.38. The maximum atomic E-state index is 14.9. The molecule has 1 aromatic carbocycles. The van der Waals surface area contributed by atoms with Crippen LogP contribution in [0.4, 0.5) is 19.0 Å². The van der Waals surface area contributed by atoms with E-state index in [9.17, 15) is 27.9 Å². The molecule has 0 amide bonds. The zero-order chi connectivity index (χ0) is 29.3. The zero-order valence-corrected chi connectivity index (χ0v) is 23.1. The molecule has 0 spiro atoms. The number of benzene rings is 1. The average Bonchev–Trinajstić information content (AvgIpc) is 3.51. The van der Waals surface area contributed by atoms with Gasteiger partial charge in [-0.3, -0.25) is 4.99 Å². The van der Waals surface area contributed by atoms with Crippen molar-refractivity contribution >= 4 is 46.5 Å². The number of hydrogen-bond donors (Lipinski definition) is 2. The number of anilines is 1. The van der Waals surface area contributed by atoms with Gasteiger partial charge in [-0.25, -0.2) is 32.7 Å². The second-order valence-corrected chi connectivity index (χ2v) is 10.5. The minimum Gasteiger partial charge on any atom is -0.478 e. The first kappa shape index (κ1) is 28.6. The molecular formula is C27H23ClF3N5O4S. The number of carboxylic acids is 1. The number of halogens is 4. The third-order valence-electron chi connectivity index (χ3n) is 6.87. The number of aromatic carboxylic acids is 1. The summed E-state index contributed by atoms with van der Waals surface area (Å²) in [5.74, 6) is -5.47. The van der Waals surface area contributed by atoms with E-state index in [0.29, 0.717) is 42.5 Å². The smallest absolute Gasteiger partial charge is 0.338 e. The van der Waals surface area contributed by atoms with E-state index < -0.39 is 46.0 Å². The van der Waals surface area contributed by atoms with Gasteiger partial charge in [-0.15, -0.1) is 11.3 Å². The monoisotopic (exact) mass is 605 g/mol. The van der Waals surface area contributed by atoms with Crippen LogP contribution in [0.3, 0.4) is 0 Å². The number of carbonyl (C=O) groups is 2. The molecule has 1 atom stereocenters. The van der Waals surface area contributed by atoms with Crippen LogP contribution in [0.25, 0.3) is 0 Å². The Hall–Kier alpha value is -3.97. The van der Waals surface area contributed by atoms with Crippen molar-refractivity contribution in [3.8, 4) is 0 Å². The molecule has 14 heteroatoms. The van der Waals surface area contributed by atoms with Gasteiger partial charge in [0.1, 0.15) is 11.6 Å². The van der Waals surface area contributed by atoms with Crippen LogP contribution in [-0.4, -0.2) is 52.5 Å². The Balaban J connectivity index is 1.55. The lowest BCUT2D eigenvalue weighted by Gasteiger charge is -2.37. The number of allylic oxidation sites excluding steroid dienone is 1. The van der Waals surface area contributed by atoms with E-state index in [2.05, 4.69) is 20.3 Å². The van der Waals surface area contributed by atoms with Crippen LogP contribution < -0.4 is 10.2 Å². The Bertz CT molecular complexity index is 1560. The molecule has 5 rings (SSSR count). The van der Waals surface area contributed by atoms with Gasteiger partial charge in [-0.1, -0.05) is 17.7 Å². The number of aromatic nitrogens is 2. The summed E-state index contributed by atoms with van der Waals surface area (Å²) in [6, 6.07) is 2.17. The highest BCUT2D eigenvalue weighted by atomic mass is 35.5. The summed E-state index contributed by atoms with van der Waals surface area (Å²) in [4.78, 5) is 39.4. The van der Waals surface area contributed by atoms with Gasteiger partial charge < -0.3 is 20.1 Å². The van der Waals surface area contributed by atoms with E-state index in [1.807, 2.05) is 0 Å². The lowest BCUT2D eigenvalue weighted by Crippen LogP contribution is -2.42. The van der Waals surface area contributed by atoms with Crippen LogP contribution in [0.15, 0.2) is 52.2 Å². The molecule has 2 aliphatic rings. The van der Waals surface area contributed by atoms with Crippen molar-refractivity contribution in [2.24, 2.45) is 10.9 Å². The van der Waals surface area contributed by atoms with Crippen LogP contribution in [0.5, 0.6) is 0 Å². The standard InChI is InChI=1S/C27H23ClF3N5O4S/c1-2-40-27(39)17-21(13-6-10-36(11-7-13)24-19(30)15(26(37)38)5-8-32-24)34-23(25-33-9-12-41-25)35-22(17)14-3-4-16(29)20(31)18(14)28/h3-5,8-9,12-13,22H,2,6-7,10-11H2,1H3,(H,34,35)(H,37,38). The molecule has 3 aromatic rings. The second kappa shape index (κ2) is 11.9. The quantitative estimate of drug-likeness (QED) is 0.281. The number of hydrogen-bond acceptors (Lipinski definition) is 9. The predicted octanol–water partition coefficient (Wildman–Crippen LogP) is 5.13. The van der Waals surface area contributed by atoms with Gasteiger partial charge in [0.05, 0.1) is 17.2 Å². The molecule has 1 saturated heterocycles. The van der Waals surface area contributed by atoms with Gasteiger partial charge in [0.25, 0.3) is 0 Å². The van der Waals surface area contributed by atoms with Gasteiger partial charge in [-0.05, 0) is 31.9 Å². The Kier molecular flexibility index (Phi) is 8.27. The van der Waals surface area contributed by atoms with Crippen LogP contribution >= 0.6 is 22.9 Å². The minimum atomic E-state index is -1.40. The molecule has 0 aliphatic carbocycles. The summed E-state index contributed by atoms with van der Waals surface area (Å²) in [6.07, 6.45) is 3.64. The second-order valence-electron chi connectivity index (χ2n) is 9.22. The van der Waals surface area contributed by atoms with Crippen molar-refractivity contribution in [1.29, 1.82) is 0 Å². The molecule has 2 aliphatic heterocycles. The van der Waals surface area contributed by atoms with Crippen molar-refractivity contribution in [2.45, 2.75) is 25.8 Å². The van der Waals surface area contributed by atoms with E-state index in [-0.39, 0.29) is 29.5 Å². The SMILES string of the molecule is CCOC(=O)C1=C(C2CCN(c3nccc(C(=O)O)c3F)CC2)NC(c2nccs2)=NC1c1ccc(F)c(F)c1Cl. The lowest BCUT2D eigenvalue weighted by molar-refractivity contribution is -0.139. The molecule has 1 unspecified atom stereocenters. The zero-order valence-electron chi connectivity index (χ0n) is 21.5. The summed E-state index contributed by atoms with van der Waals surface area (Å²) >= 11 is 7.53. The average molecular weight is 606 g/mol. The van der Waals surface area contributed by atoms with Crippen LogP contribution in [0.2, 0.25) is 5.02 Å². The minimum absolute atomic E-state index is 0.0558. The van der Waals surface area contributed by atoms with E-state index in [4.69, 9.17) is 16.3 Å². The van der Waals surface area contributed by atoms with Crippen molar-refractivity contribution in [3.63, 3.8) is 0 Å². The molecular weight excluding hydrogens is 583 g/mol. The van der Waals surface area contributed by atoms with Gasteiger partial charge >= 0.3 is 11.9 Å². The topological polar surface area (TPSA) is 117 Å². The predicted molar refractivity (Wildman–Crippen MR) is 146 cm³/mol. The molecule has 4 heterocycles. The van der Waals surface area contributed by atoms with E-state index in [1.165, 1.54) is 23.6 Å². The highest BCUT2D eigenvalue weighted by Crippen LogP contribution is 2.41. The van der Waals surface area contributed by atoms with Gasteiger partial charge in [0, 0.05) is 48.0 Å². The van der Waals surface area contributed by atoms with Crippen molar-refractivity contribution < 1.29 is 32.6 Å². The number of carboxylic acid groups (broad SMARTS) is 1. The first-order valence-corrected chi connectivity index (χ1v) is 13.9. The van der Waals surface area contributed by atoms with Crippen molar-refractivity contribution in [3.05, 3.63) is 85.9 Å². The summed E-state index contributed by atoms with van der Waals surface area (Å²) < 4.78 is 48.8. The van der Waals surface area contributed by atoms with E-state index in [0.717, 1.165) is 12.1 Å². The number of carbonyl (C=O) groups excluding carboxylic acids is 1. The number of nitrogens with one attached hydrogen (secondary N) is 1. The van der Waals surface area contributed by atoms with E-state index >= 15 is 0 Å². The van der Waals surface area contributed by atoms with Crippen LogP contribution in [0, 0.1) is 23.4 Å². The van der Waals surface area contributed by atoms with Crippen LogP contribution in [0.1, 0.15) is 46.7 Å². The van der Waals surface area contributed by atoms with Gasteiger partial charge in [-0.2, -0.15) is 0 Å². The largest absolute Gasteiger partial charge is 0.478 e. The normalized spacial score (nSPS) is 17.7. The number of nitrogens with zero attached hydrogens (tertiary/aromatic N) is 4. The summed E-state index contributed by atoms with van der Waals surface area (Å²) in [7, 11) is 0. The van der Waals surface area contributed by atoms with Crippen LogP contribution in [-0.2, 0) is 9.53 Å². The molecule has 41 heavy (non-hydrogen) atoms. The Morgan fingerprint density at radius 1 is 1.15 bits per heavy atom. The number of rotatable bonds is 7.